The molecule has 1 aromatic carbocycles. The van der Waals surface area contributed by atoms with E-state index in [0.29, 0.717) is 18.8 Å². The van der Waals surface area contributed by atoms with E-state index < -0.39 is 10.5 Å². The van der Waals surface area contributed by atoms with Gasteiger partial charge in [-0.2, -0.15) is 5.26 Å². The predicted molar refractivity (Wildman–Crippen MR) is 75.5 cm³/mol. The average Bonchev–Trinajstić information content (AvgIpc) is 2.44. The van der Waals surface area contributed by atoms with Crippen molar-refractivity contribution in [1.82, 2.24) is 5.32 Å². The van der Waals surface area contributed by atoms with Crippen LogP contribution in [-0.4, -0.2) is 23.6 Å². The number of nitrogens with one attached hydrogen (secondary N) is 1. The summed E-state index contributed by atoms with van der Waals surface area (Å²) in [7, 11) is 0. The van der Waals surface area contributed by atoms with Crippen LogP contribution in [0.1, 0.15) is 26.7 Å². The third kappa shape index (κ3) is 4.86. The number of hydrogen-bond acceptors (Lipinski definition) is 5. The summed E-state index contributed by atoms with van der Waals surface area (Å²) in [5.74, 6) is 0.595. The summed E-state index contributed by atoms with van der Waals surface area (Å²) in [6.07, 6.45) is 1.42. The Bertz CT molecular complexity index is 481. The molecule has 1 aromatic rings. The van der Waals surface area contributed by atoms with Crippen LogP contribution in [0.2, 0.25) is 0 Å². The van der Waals surface area contributed by atoms with E-state index in [9.17, 15) is 10.1 Å². The van der Waals surface area contributed by atoms with E-state index in [1.807, 2.05) is 13.8 Å². The molecule has 0 bridgehead atoms. The van der Waals surface area contributed by atoms with Crippen LogP contribution in [0.4, 0.5) is 5.69 Å². The number of non-ortho nitro benzene ring substituents is 1. The molecule has 1 unspecified atom stereocenters. The Balaban J connectivity index is 2.38. The molecular weight excluding hydrogens is 258 g/mol. The summed E-state index contributed by atoms with van der Waals surface area (Å²) in [6, 6.07) is 8.23. The van der Waals surface area contributed by atoms with Crippen molar-refractivity contribution in [3.8, 4) is 11.8 Å². The predicted octanol–water partition coefficient (Wildman–Crippen LogP) is 2.65. The first kappa shape index (κ1) is 15.9. The molecule has 0 aliphatic heterocycles. The minimum absolute atomic E-state index is 0.0431. The van der Waals surface area contributed by atoms with Gasteiger partial charge in [-0.25, -0.2) is 0 Å². The summed E-state index contributed by atoms with van der Waals surface area (Å²) < 4.78 is 5.50. The second-order valence-electron chi connectivity index (χ2n) is 4.68. The lowest BCUT2D eigenvalue weighted by atomic mass is 9.98. The zero-order valence-electron chi connectivity index (χ0n) is 11.8. The van der Waals surface area contributed by atoms with E-state index in [1.165, 1.54) is 12.1 Å². The van der Waals surface area contributed by atoms with Crippen molar-refractivity contribution < 1.29 is 9.66 Å². The molecule has 0 amide bonds. The Morgan fingerprint density at radius 3 is 2.60 bits per heavy atom. The van der Waals surface area contributed by atoms with Gasteiger partial charge in [-0.15, -0.1) is 0 Å². The number of nitro benzene ring substituents is 1. The molecule has 1 rings (SSSR count). The lowest BCUT2D eigenvalue weighted by Gasteiger charge is -2.22. The lowest BCUT2D eigenvalue weighted by molar-refractivity contribution is -0.384. The number of benzene rings is 1. The molecule has 1 N–H and O–H groups in total. The first-order chi connectivity index (χ1) is 9.50. The van der Waals surface area contributed by atoms with Gasteiger partial charge in [-0.1, -0.05) is 6.92 Å². The summed E-state index contributed by atoms with van der Waals surface area (Å²) >= 11 is 0. The van der Waals surface area contributed by atoms with Crippen molar-refractivity contribution in [3.05, 3.63) is 34.4 Å². The number of nitrogens with zero attached hydrogens (tertiary/aromatic N) is 2. The van der Waals surface area contributed by atoms with Crippen LogP contribution in [-0.2, 0) is 0 Å². The van der Waals surface area contributed by atoms with Gasteiger partial charge in [0.15, 0.2) is 0 Å². The number of ether oxygens (including phenoxy) is 1. The molecule has 1 atom stereocenters. The second kappa shape index (κ2) is 7.46. The summed E-state index contributed by atoms with van der Waals surface area (Å²) in [5, 5.41) is 22.7. The van der Waals surface area contributed by atoms with Gasteiger partial charge in [0.25, 0.3) is 5.69 Å². The maximum absolute atomic E-state index is 10.5. The fraction of sp³-hybridized carbons (Fsp3) is 0.500. The highest BCUT2D eigenvalue weighted by molar-refractivity contribution is 5.35. The molecule has 0 spiro atoms. The van der Waals surface area contributed by atoms with Gasteiger partial charge >= 0.3 is 0 Å². The van der Waals surface area contributed by atoms with Crippen LogP contribution in [0.3, 0.4) is 0 Å². The van der Waals surface area contributed by atoms with Crippen LogP contribution in [0, 0.1) is 21.4 Å². The molecule has 0 aliphatic rings. The van der Waals surface area contributed by atoms with Crippen molar-refractivity contribution in [2.45, 2.75) is 32.2 Å². The molecule has 6 nitrogen and oxygen atoms in total. The van der Waals surface area contributed by atoms with Crippen LogP contribution in [0.5, 0.6) is 5.75 Å². The largest absolute Gasteiger partial charge is 0.494 e. The van der Waals surface area contributed by atoms with Crippen molar-refractivity contribution in [1.29, 1.82) is 5.26 Å². The summed E-state index contributed by atoms with van der Waals surface area (Å²) in [5.41, 5.74) is -0.491. The molecule has 108 valence electrons. The summed E-state index contributed by atoms with van der Waals surface area (Å²) in [6.45, 7) is 5.04. The van der Waals surface area contributed by atoms with E-state index >= 15 is 0 Å². The van der Waals surface area contributed by atoms with E-state index in [1.54, 1.807) is 12.1 Å². The maximum Gasteiger partial charge on any atom is 0.269 e. The van der Waals surface area contributed by atoms with Gasteiger partial charge in [0.05, 0.1) is 17.6 Å². The normalized spacial score (nSPS) is 13.2. The van der Waals surface area contributed by atoms with Crippen LogP contribution in [0.15, 0.2) is 24.3 Å². The van der Waals surface area contributed by atoms with Gasteiger partial charge in [-0.05, 0) is 38.4 Å². The smallest absolute Gasteiger partial charge is 0.269 e. The molecular formula is C14H19N3O3. The lowest BCUT2D eigenvalue weighted by Crippen LogP contribution is -2.40. The molecule has 0 aromatic heterocycles. The van der Waals surface area contributed by atoms with Gasteiger partial charge in [0.2, 0.25) is 0 Å². The highest BCUT2D eigenvalue weighted by Gasteiger charge is 2.21. The van der Waals surface area contributed by atoms with Crippen molar-refractivity contribution >= 4 is 5.69 Å². The Kier molecular flexibility index (Phi) is 5.94. The molecule has 6 heteroatoms. The molecule has 0 fully saturated rings. The molecule has 0 aliphatic carbocycles. The molecule has 0 radical (unpaired) electrons. The molecule has 0 saturated heterocycles. The standard InChI is InChI=1S/C14H19N3O3/c1-3-16-14(2,11-15)9-4-10-20-13-7-5-12(6-8-13)17(18)19/h5-8,16H,3-4,9-10H2,1-2H3. The summed E-state index contributed by atoms with van der Waals surface area (Å²) in [4.78, 5) is 10.1. The molecule has 0 heterocycles. The topological polar surface area (TPSA) is 88.2 Å². The Morgan fingerprint density at radius 1 is 1.45 bits per heavy atom. The van der Waals surface area contributed by atoms with Crippen molar-refractivity contribution in [2.75, 3.05) is 13.2 Å². The third-order valence-corrected chi connectivity index (χ3v) is 2.95. The number of hydrogen-bond donors (Lipinski definition) is 1. The highest BCUT2D eigenvalue weighted by Crippen LogP contribution is 2.18. The number of rotatable bonds is 8. The number of nitriles is 1. The van der Waals surface area contributed by atoms with Crippen LogP contribution < -0.4 is 10.1 Å². The fourth-order valence-corrected chi connectivity index (χ4v) is 1.85. The minimum Gasteiger partial charge on any atom is -0.494 e. The van der Waals surface area contributed by atoms with E-state index in [-0.39, 0.29) is 5.69 Å². The Labute approximate surface area is 118 Å². The first-order valence-electron chi connectivity index (χ1n) is 6.54. The van der Waals surface area contributed by atoms with E-state index in [4.69, 9.17) is 10.00 Å². The van der Waals surface area contributed by atoms with E-state index in [2.05, 4.69) is 11.4 Å². The molecule has 20 heavy (non-hydrogen) atoms. The van der Waals surface area contributed by atoms with Gasteiger partial charge in [0.1, 0.15) is 11.3 Å². The monoisotopic (exact) mass is 277 g/mol. The fourth-order valence-electron chi connectivity index (χ4n) is 1.85. The zero-order valence-corrected chi connectivity index (χ0v) is 11.8. The average molecular weight is 277 g/mol. The maximum atomic E-state index is 10.5. The Hall–Kier alpha value is -2.13. The minimum atomic E-state index is -0.534. The van der Waals surface area contributed by atoms with E-state index in [0.717, 1.165) is 13.0 Å². The van der Waals surface area contributed by atoms with Gasteiger partial charge in [-0.3, -0.25) is 15.4 Å². The zero-order chi connectivity index (χ0) is 15.0. The van der Waals surface area contributed by atoms with Gasteiger partial charge in [0, 0.05) is 12.1 Å². The van der Waals surface area contributed by atoms with Crippen LogP contribution in [0.25, 0.3) is 0 Å². The second-order valence-corrected chi connectivity index (χ2v) is 4.68. The SMILES string of the molecule is CCNC(C)(C#N)CCCOc1ccc([N+](=O)[O-])cc1. The first-order valence-corrected chi connectivity index (χ1v) is 6.54. The Morgan fingerprint density at radius 2 is 2.10 bits per heavy atom. The van der Waals surface area contributed by atoms with Crippen LogP contribution >= 0.6 is 0 Å². The highest BCUT2D eigenvalue weighted by atomic mass is 16.6. The van der Waals surface area contributed by atoms with Crippen molar-refractivity contribution in [2.24, 2.45) is 0 Å². The number of nitro groups is 1. The third-order valence-electron chi connectivity index (χ3n) is 2.95. The van der Waals surface area contributed by atoms with Gasteiger partial charge < -0.3 is 4.74 Å². The molecule has 0 saturated carbocycles. The van der Waals surface area contributed by atoms with Crippen molar-refractivity contribution in [3.63, 3.8) is 0 Å². The quantitative estimate of drug-likeness (QED) is 0.448.